The Balaban J connectivity index is 0. The van der Waals surface area contributed by atoms with Crippen LogP contribution >= 0.6 is 6.72 Å². The molecule has 0 heterocycles. The van der Waals surface area contributed by atoms with Crippen molar-refractivity contribution in [3.8, 4) is 0 Å². The first-order valence-corrected chi connectivity index (χ1v) is 3.44. The fraction of sp³-hybridized carbons (Fsp3) is 0. The molecule has 0 saturated heterocycles. The van der Waals surface area contributed by atoms with E-state index < -0.39 is 6.72 Å². The van der Waals surface area contributed by atoms with Crippen LogP contribution in [-0.2, 0) is 11.8 Å². The fourth-order valence-electron chi connectivity index (χ4n) is 0. The molecule has 40 valence electrons. The zero-order chi connectivity index (χ0) is 4.50. The highest BCUT2D eigenvalue weighted by molar-refractivity contribution is 8.06. The van der Waals surface area contributed by atoms with Crippen molar-refractivity contribution in [1.82, 2.24) is 0 Å². The molecule has 0 amide bonds. The second kappa shape index (κ2) is 2.84. The fourth-order valence-corrected chi connectivity index (χ4v) is 0. The monoisotopic (exact) mass is 146 g/mol. The van der Waals surface area contributed by atoms with Crippen molar-refractivity contribution in [3.63, 3.8) is 0 Å². The third-order valence-electron chi connectivity index (χ3n) is 0. The highest BCUT2D eigenvalue weighted by Crippen LogP contribution is 2.26. The molecule has 0 aromatic rings. The molecule has 0 aliphatic heterocycles. The molecule has 0 atom stereocenters. The first-order valence-electron chi connectivity index (χ1n) is 0.783. The third-order valence-corrected chi connectivity index (χ3v) is 0. The Morgan fingerprint density at radius 1 is 1.17 bits per heavy atom. The highest BCUT2D eigenvalue weighted by atomic mass is 32.5. The molecule has 0 aromatic carbocycles. The summed E-state index contributed by atoms with van der Waals surface area (Å²) in [4.78, 5) is 22.7. The van der Waals surface area contributed by atoms with E-state index in [1.54, 1.807) is 0 Å². The van der Waals surface area contributed by atoms with Gasteiger partial charge in [0.2, 0.25) is 0 Å². The second-order valence-corrected chi connectivity index (χ2v) is 3.01. The predicted octanol–water partition coefficient (Wildman–Crippen LogP) is -2.26. The van der Waals surface area contributed by atoms with Gasteiger partial charge < -0.3 is 14.7 Å². The first kappa shape index (κ1) is 9.89. The number of rotatable bonds is 0. The summed E-state index contributed by atoms with van der Waals surface area (Å²) in [6, 6.07) is 0. The third kappa shape index (κ3) is 119. The molecule has 0 rings (SSSR count). The molecular formula is H7O3PSSi. The summed E-state index contributed by atoms with van der Waals surface area (Å²) in [6.45, 7) is -3.81. The van der Waals surface area contributed by atoms with Gasteiger partial charge in [0, 0.05) is 0 Å². The average Bonchev–Trinajstić information content (AvgIpc) is 0.722. The lowest BCUT2D eigenvalue weighted by Crippen LogP contribution is -1.65. The standard InChI is InChI=1S/H3O3PS.H4Si/c1-4(2,3)5;/h(H3,1,2,3,5);1H4. The quantitative estimate of drug-likeness (QED) is 0.266. The summed E-state index contributed by atoms with van der Waals surface area (Å²) in [5.74, 6) is 0. The Hall–Kier alpha value is 0.747. The van der Waals surface area contributed by atoms with Gasteiger partial charge in [-0.1, -0.05) is 0 Å². The van der Waals surface area contributed by atoms with Crippen molar-refractivity contribution in [2.75, 3.05) is 0 Å². The lowest BCUT2D eigenvalue weighted by molar-refractivity contribution is 0.363. The molecule has 0 bridgehead atoms. The summed E-state index contributed by atoms with van der Waals surface area (Å²) in [5, 5.41) is 0. The van der Waals surface area contributed by atoms with Crippen molar-refractivity contribution < 1.29 is 14.7 Å². The van der Waals surface area contributed by atoms with Crippen LogP contribution in [0.5, 0.6) is 0 Å². The lowest BCUT2D eigenvalue weighted by Gasteiger charge is -1.88. The first-order chi connectivity index (χ1) is 2.00. The van der Waals surface area contributed by atoms with E-state index >= 15 is 0 Å². The van der Waals surface area contributed by atoms with Gasteiger partial charge in [0.05, 0.1) is 0 Å². The van der Waals surface area contributed by atoms with Crippen LogP contribution < -0.4 is 0 Å². The molecule has 0 saturated carbocycles. The van der Waals surface area contributed by atoms with Gasteiger partial charge in [0.15, 0.2) is 0 Å². The van der Waals surface area contributed by atoms with Crippen LogP contribution in [0.1, 0.15) is 0 Å². The number of hydrogen-bond donors (Lipinski definition) is 3. The SMILES string of the molecule is OP(O)(O)=S.[SiH4]. The van der Waals surface area contributed by atoms with Gasteiger partial charge in [-0.2, -0.15) is 0 Å². The molecule has 0 aliphatic carbocycles. The minimum absolute atomic E-state index is 0. The van der Waals surface area contributed by atoms with Gasteiger partial charge >= 0.3 is 6.72 Å². The van der Waals surface area contributed by atoms with Crippen molar-refractivity contribution in [1.29, 1.82) is 0 Å². The van der Waals surface area contributed by atoms with Crippen LogP contribution in [0.2, 0.25) is 0 Å². The van der Waals surface area contributed by atoms with Crippen molar-refractivity contribution in [2.45, 2.75) is 0 Å². The molecule has 6 heteroatoms. The number of hydrogen-bond acceptors (Lipinski definition) is 1. The molecule has 0 fully saturated rings. The van der Waals surface area contributed by atoms with Crippen LogP contribution in [0.3, 0.4) is 0 Å². The maximum Gasteiger partial charge on any atom is 0.319 e. The molecule has 0 aliphatic rings. The zero-order valence-corrected chi connectivity index (χ0v) is 3.91. The van der Waals surface area contributed by atoms with E-state index in [2.05, 4.69) is 11.8 Å². The van der Waals surface area contributed by atoms with E-state index in [1.165, 1.54) is 0 Å². The van der Waals surface area contributed by atoms with Gasteiger partial charge in [0.25, 0.3) is 0 Å². The smallest absolute Gasteiger partial charge is 0.319 e. The van der Waals surface area contributed by atoms with E-state index in [0.717, 1.165) is 0 Å². The summed E-state index contributed by atoms with van der Waals surface area (Å²) in [5.41, 5.74) is 0. The predicted molar refractivity (Wildman–Crippen MR) is 32.3 cm³/mol. The minimum Gasteiger partial charge on any atom is -0.325 e. The molecule has 6 heavy (non-hydrogen) atoms. The Labute approximate surface area is 44.9 Å². The van der Waals surface area contributed by atoms with Crippen LogP contribution in [0.4, 0.5) is 0 Å². The Kier molecular flexibility index (Phi) is 4.69. The van der Waals surface area contributed by atoms with E-state index in [9.17, 15) is 0 Å². The molecule has 3 N–H and O–H groups in total. The molecule has 0 aromatic heterocycles. The van der Waals surface area contributed by atoms with Crippen molar-refractivity contribution in [3.05, 3.63) is 0 Å². The van der Waals surface area contributed by atoms with Crippen LogP contribution in [0.15, 0.2) is 0 Å². The molecular weight excluding hydrogens is 139 g/mol. The largest absolute Gasteiger partial charge is 0.325 e. The summed E-state index contributed by atoms with van der Waals surface area (Å²) < 4.78 is 0. The molecule has 3 nitrogen and oxygen atoms in total. The van der Waals surface area contributed by atoms with Crippen molar-refractivity contribution in [2.24, 2.45) is 0 Å². The normalized spacial score (nSPS) is 9.83. The Bertz CT molecular complexity index is 56.9. The molecule has 0 radical (unpaired) electrons. The summed E-state index contributed by atoms with van der Waals surface area (Å²) in [6.07, 6.45) is 0. The van der Waals surface area contributed by atoms with E-state index in [1.807, 2.05) is 0 Å². The van der Waals surface area contributed by atoms with Gasteiger partial charge in [0.1, 0.15) is 0 Å². The summed E-state index contributed by atoms with van der Waals surface area (Å²) >= 11 is 3.60. The van der Waals surface area contributed by atoms with Gasteiger partial charge in [-0.3, -0.25) is 0 Å². The minimum atomic E-state index is -3.81. The van der Waals surface area contributed by atoms with Crippen molar-refractivity contribution >= 4 is 29.5 Å². The maximum absolute atomic E-state index is 7.56. The van der Waals surface area contributed by atoms with Crippen LogP contribution in [-0.4, -0.2) is 25.6 Å². The van der Waals surface area contributed by atoms with Gasteiger partial charge in [-0.15, -0.1) is 0 Å². The van der Waals surface area contributed by atoms with Crippen LogP contribution in [0.25, 0.3) is 0 Å². The van der Waals surface area contributed by atoms with E-state index in [-0.39, 0.29) is 11.0 Å². The van der Waals surface area contributed by atoms with Gasteiger partial charge in [-0.05, 0) is 22.8 Å². The zero-order valence-electron chi connectivity index (χ0n) is 2.20. The Morgan fingerprint density at radius 2 is 1.17 bits per heavy atom. The average molecular weight is 146 g/mol. The van der Waals surface area contributed by atoms with E-state index in [4.69, 9.17) is 14.7 Å². The highest BCUT2D eigenvalue weighted by Gasteiger charge is 1.92. The maximum atomic E-state index is 7.56. The van der Waals surface area contributed by atoms with Crippen LogP contribution in [0, 0.1) is 0 Å². The lowest BCUT2D eigenvalue weighted by atomic mass is 15.8. The van der Waals surface area contributed by atoms with E-state index in [0.29, 0.717) is 0 Å². The summed E-state index contributed by atoms with van der Waals surface area (Å²) in [7, 11) is 0. The Morgan fingerprint density at radius 3 is 1.17 bits per heavy atom. The topological polar surface area (TPSA) is 60.7 Å². The van der Waals surface area contributed by atoms with Gasteiger partial charge in [-0.25, -0.2) is 0 Å². The molecule has 0 spiro atoms. The molecule has 0 unspecified atom stereocenters. The second-order valence-electron chi connectivity index (χ2n) is 0.513.